The van der Waals surface area contributed by atoms with Crippen LogP contribution >= 0.6 is 0 Å². The van der Waals surface area contributed by atoms with Gasteiger partial charge in [0.05, 0.1) is 5.69 Å². The van der Waals surface area contributed by atoms with Crippen molar-refractivity contribution < 1.29 is 4.79 Å². The van der Waals surface area contributed by atoms with Gasteiger partial charge < -0.3 is 10.6 Å². The van der Waals surface area contributed by atoms with E-state index in [2.05, 4.69) is 76.1 Å². The maximum Gasteiger partial charge on any atom is 0.262 e. The van der Waals surface area contributed by atoms with E-state index in [1.54, 1.807) is 18.5 Å². The molecular formula is C23H34N6O. The predicted octanol–water partition coefficient (Wildman–Crippen LogP) is 5.23. The Hall–Kier alpha value is -2.83. The van der Waals surface area contributed by atoms with Crippen molar-refractivity contribution in [2.45, 2.75) is 72.8 Å². The van der Waals surface area contributed by atoms with Crippen molar-refractivity contribution in [3.05, 3.63) is 41.9 Å². The number of hydrogen-bond donors (Lipinski definition) is 3. The summed E-state index contributed by atoms with van der Waals surface area (Å²) in [5.74, 6) is 1.16. The molecule has 0 unspecified atom stereocenters. The van der Waals surface area contributed by atoms with E-state index in [-0.39, 0.29) is 22.3 Å². The van der Waals surface area contributed by atoms with Crippen molar-refractivity contribution in [1.29, 1.82) is 0 Å². The van der Waals surface area contributed by atoms with E-state index in [1.807, 2.05) is 16.6 Å². The molecule has 0 spiro atoms. The molecule has 0 aromatic carbocycles. The van der Waals surface area contributed by atoms with Crippen LogP contribution in [0.3, 0.4) is 0 Å². The van der Waals surface area contributed by atoms with Gasteiger partial charge in [0.1, 0.15) is 11.4 Å². The lowest BCUT2D eigenvalue weighted by Gasteiger charge is -2.34. The third-order valence-corrected chi connectivity index (χ3v) is 4.75. The molecule has 0 saturated carbocycles. The number of imidazole rings is 1. The fraction of sp³-hybridized carbons (Fsp3) is 0.522. The number of fused-ring (bicyclic) bond motifs is 1. The maximum atomic E-state index is 12.9. The van der Waals surface area contributed by atoms with E-state index in [4.69, 9.17) is 4.98 Å². The largest absolute Gasteiger partial charge is 0.364 e. The lowest BCUT2D eigenvalue weighted by Crippen LogP contribution is -2.36. The van der Waals surface area contributed by atoms with Crippen molar-refractivity contribution in [2.75, 3.05) is 10.6 Å². The first kappa shape index (κ1) is 21.9. The van der Waals surface area contributed by atoms with E-state index in [9.17, 15) is 4.79 Å². The first-order chi connectivity index (χ1) is 13.8. The number of nitrogens with zero attached hydrogens (tertiary/aromatic N) is 3. The molecule has 7 nitrogen and oxygen atoms in total. The van der Waals surface area contributed by atoms with Crippen LogP contribution in [0.25, 0.3) is 5.65 Å². The van der Waals surface area contributed by atoms with Gasteiger partial charge in [-0.15, -0.1) is 0 Å². The molecule has 0 aliphatic rings. The summed E-state index contributed by atoms with van der Waals surface area (Å²) in [6, 6.07) is 5.41. The molecule has 0 radical (unpaired) electrons. The lowest BCUT2D eigenvalue weighted by atomic mass is 9.81. The van der Waals surface area contributed by atoms with Crippen molar-refractivity contribution in [3.63, 3.8) is 0 Å². The predicted molar refractivity (Wildman–Crippen MR) is 122 cm³/mol. The third-order valence-electron chi connectivity index (χ3n) is 4.75. The van der Waals surface area contributed by atoms with Crippen LogP contribution in [-0.2, 0) is 5.41 Å². The van der Waals surface area contributed by atoms with Crippen LogP contribution in [0.5, 0.6) is 0 Å². The number of rotatable bonds is 5. The first-order valence-corrected chi connectivity index (χ1v) is 10.4. The highest BCUT2D eigenvalue weighted by Crippen LogP contribution is 2.35. The summed E-state index contributed by atoms with van der Waals surface area (Å²) in [5, 5.41) is 9.75. The molecule has 0 atom stereocenters. The Morgan fingerprint density at radius 3 is 2.37 bits per heavy atom. The van der Waals surface area contributed by atoms with Crippen LogP contribution in [0.2, 0.25) is 0 Å². The Morgan fingerprint density at radius 2 is 1.80 bits per heavy atom. The molecule has 3 N–H and O–H groups in total. The Balaban J connectivity index is 2.02. The van der Waals surface area contributed by atoms with Crippen molar-refractivity contribution in [1.82, 2.24) is 19.6 Å². The molecule has 30 heavy (non-hydrogen) atoms. The number of aromatic amines is 1. The van der Waals surface area contributed by atoms with Crippen LogP contribution in [0, 0.1) is 5.41 Å². The summed E-state index contributed by atoms with van der Waals surface area (Å²) in [5.41, 5.74) is 1.82. The summed E-state index contributed by atoms with van der Waals surface area (Å²) in [7, 11) is 0. The number of aromatic nitrogens is 4. The van der Waals surface area contributed by atoms with Gasteiger partial charge in [0.25, 0.3) is 5.91 Å². The number of hydrogen-bond acceptors (Lipinski definition) is 4. The number of H-pyrrole nitrogens is 1. The fourth-order valence-electron chi connectivity index (χ4n) is 4.04. The lowest BCUT2D eigenvalue weighted by molar-refractivity contribution is 0.102. The van der Waals surface area contributed by atoms with E-state index in [1.165, 1.54) is 0 Å². The normalized spacial score (nSPS) is 12.9. The van der Waals surface area contributed by atoms with E-state index < -0.39 is 0 Å². The van der Waals surface area contributed by atoms with Gasteiger partial charge in [-0.05, 0) is 37.8 Å². The molecule has 0 saturated heterocycles. The number of carbonyl (C=O) groups excluding carboxylic acids is 1. The number of carbonyl (C=O) groups is 1. The standard InChI is InChI=1S/C23H34N6O/c1-21(2,3)14-23(7,8)28-19-17(22(4,5)6)27-18-15(13-25-29(18)19)20(30)26-16-11-9-10-12-24-16/h9-13,25,28H,14H2,1-8H3,(H,24,26,30). The quantitative estimate of drug-likeness (QED) is 0.537. The topological polar surface area (TPSA) is 87.1 Å². The molecule has 1 amide bonds. The molecule has 3 rings (SSSR count). The van der Waals surface area contributed by atoms with Gasteiger partial charge >= 0.3 is 0 Å². The van der Waals surface area contributed by atoms with Crippen LogP contribution in [0.15, 0.2) is 30.6 Å². The van der Waals surface area contributed by atoms with Crippen LogP contribution in [-0.4, -0.2) is 31.0 Å². The minimum absolute atomic E-state index is 0.157. The highest BCUT2D eigenvalue weighted by molar-refractivity contribution is 6.08. The molecule has 3 aromatic heterocycles. The number of pyridine rings is 1. The van der Waals surface area contributed by atoms with Crippen LogP contribution < -0.4 is 10.6 Å². The number of amides is 1. The molecule has 0 bridgehead atoms. The zero-order valence-corrected chi connectivity index (χ0v) is 19.3. The van der Waals surface area contributed by atoms with Gasteiger partial charge in [0.2, 0.25) is 0 Å². The molecular weight excluding hydrogens is 376 g/mol. The highest BCUT2D eigenvalue weighted by Gasteiger charge is 2.32. The zero-order chi connectivity index (χ0) is 22.3. The monoisotopic (exact) mass is 410 g/mol. The minimum atomic E-state index is -0.245. The SMILES string of the molecule is CC(C)(C)CC(C)(C)Nc1c(C(C)(C)C)nc2c(C(=O)Nc3ccccn3)c[nH]n12. The Morgan fingerprint density at radius 1 is 1.10 bits per heavy atom. The fourth-order valence-corrected chi connectivity index (χ4v) is 4.04. The number of anilines is 2. The van der Waals surface area contributed by atoms with Gasteiger partial charge in [0.15, 0.2) is 11.5 Å². The van der Waals surface area contributed by atoms with Crippen molar-refractivity contribution >= 4 is 23.2 Å². The Labute approximate surface area is 178 Å². The summed E-state index contributed by atoms with van der Waals surface area (Å²) >= 11 is 0. The highest BCUT2D eigenvalue weighted by atomic mass is 16.1. The third kappa shape index (κ3) is 4.83. The van der Waals surface area contributed by atoms with Gasteiger partial charge in [-0.1, -0.05) is 47.6 Å². The van der Waals surface area contributed by atoms with E-state index in [0.29, 0.717) is 17.0 Å². The van der Waals surface area contributed by atoms with E-state index >= 15 is 0 Å². The minimum Gasteiger partial charge on any atom is -0.364 e. The zero-order valence-electron chi connectivity index (χ0n) is 19.3. The Bertz CT molecular complexity index is 1030. The van der Waals surface area contributed by atoms with Crippen molar-refractivity contribution in [3.8, 4) is 0 Å². The summed E-state index contributed by atoms with van der Waals surface area (Å²) in [6.45, 7) is 17.5. The van der Waals surface area contributed by atoms with Crippen LogP contribution in [0.1, 0.15) is 77.9 Å². The molecule has 0 fully saturated rings. The molecule has 162 valence electrons. The van der Waals surface area contributed by atoms with Gasteiger partial charge in [-0.2, -0.15) is 0 Å². The average molecular weight is 411 g/mol. The second kappa shape index (κ2) is 7.45. The molecule has 3 heterocycles. The van der Waals surface area contributed by atoms with Gasteiger partial charge in [-0.3, -0.25) is 9.89 Å². The number of nitrogens with one attached hydrogen (secondary N) is 3. The summed E-state index contributed by atoms with van der Waals surface area (Å²) in [4.78, 5) is 21.9. The second-order valence-corrected chi connectivity index (χ2v) is 10.8. The molecule has 3 aromatic rings. The summed E-state index contributed by atoms with van der Waals surface area (Å²) in [6.07, 6.45) is 4.31. The van der Waals surface area contributed by atoms with Crippen LogP contribution in [0.4, 0.5) is 11.6 Å². The summed E-state index contributed by atoms with van der Waals surface area (Å²) < 4.78 is 1.87. The molecule has 0 aliphatic carbocycles. The smallest absolute Gasteiger partial charge is 0.262 e. The average Bonchev–Trinajstić information content (AvgIpc) is 3.13. The van der Waals surface area contributed by atoms with Gasteiger partial charge in [-0.25, -0.2) is 14.5 Å². The van der Waals surface area contributed by atoms with E-state index in [0.717, 1.165) is 17.9 Å². The maximum absolute atomic E-state index is 12.9. The molecule has 0 aliphatic heterocycles. The molecule has 7 heteroatoms. The second-order valence-electron chi connectivity index (χ2n) is 10.8. The van der Waals surface area contributed by atoms with Crippen molar-refractivity contribution in [2.24, 2.45) is 5.41 Å². The first-order valence-electron chi connectivity index (χ1n) is 10.4. The van der Waals surface area contributed by atoms with Gasteiger partial charge in [0, 0.05) is 23.3 Å². The Kier molecular flexibility index (Phi) is 5.43.